The van der Waals surface area contributed by atoms with E-state index in [4.69, 9.17) is 0 Å². The zero-order chi connectivity index (χ0) is 19.0. The van der Waals surface area contributed by atoms with Crippen molar-refractivity contribution in [2.45, 2.75) is 25.9 Å². The normalized spacial score (nSPS) is 19.4. The molecule has 1 fully saturated rings. The molecule has 0 aliphatic carbocycles. The Morgan fingerprint density at radius 2 is 1.74 bits per heavy atom. The SMILES string of the molecule is Cc1ccc(C2(C)NC(=O)N(Cc3nnnn3-c3ccccc3)C2=O)cc1. The van der Waals surface area contributed by atoms with Gasteiger partial charge in [-0.1, -0.05) is 48.0 Å². The monoisotopic (exact) mass is 362 g/mol. The molecular formula is C19H18N6O2. The number of tetrazole rings is 1. The Hall–Kier alpha value is -3.55. The van der Waals surface area contributed by atoms with Crippen LogP contribution in [0.1, 0.15) is 23.9 Å². The third-order valence-corrected chi connectivity index (χ3v) is 4.74. The van der Waals surface area contributed by atoms with Crippen LogP contribution >= 0.6 is 0 Å². The zero-order valence-electron chi connectivity index (χ0n) is 15.0. The van der Waals surface area contributed by atoms with Crippen LogP contribution in [0.5, 0.6) is 0 Å². The number of urea groups is 1. The summed E-state index contributed by atoms with van der Waals surface area (Å²) in [6, 6.07) is 16.4. The van der Waals surface area contributed by atoms with Gasteiger partial charge in [0.2, 0.25) is 0 Å². The molecule has 0 saturated carbocycles. The molecule has 4 rings (SSSR count). The number of carbonyl (C=O) groups excluding carboxylic acids is 2. The first kappa shape index (κ1) is 16.9. The number of rotatable bonds is 4. The standard InChI is InChI=1S/C19H18N6O2/c1-13-8-10-14(11-9-13)19(2)17(26)24(18(27)20-19)12-16-21-22-23-25(16)15-6-4-3-5-7-15/h3-11H,12H2,1-2H3,(H,20,27). The fourth-order valence-corrected chi connectivity index (χ4v) is 3.14. The molecule has 1 atom stereocenters. The Bertz CT molecular complexity index is 999. The first-order valence-electron chi connectivity index (χ1n) is 8.53. The van der Waals surface area contributed by atoms with E-state index in [0.29, 0.717) is 5.82 Å². The van der Waals surface area contributed by atoms with Gasteiger partial charge in [-0.05, 0) is 42.0 Å². The lowest BCUT2D eigenvalue weighted by Crippen LogP contribution is -2.40. The number of nitrogens with zero attached hydrogens (tertiary/aromatic N) is 5. The smallest absolute Gasteiger partial charge is 0.319 e. The Balaban J connectivity index is 1.63. The van der Waals surface area contributed by atoms with Crippen molar-refractivity contribution in [2.24, 2.45) is 0 Å². The number of aromatic nitrogens is 4. The molecule has 1 N–H and O–H groups in total. The molecular weight excluding hydrogens is 344 g/mol. The van der Waals surface area contributed by atoms with Crippen LogP contribution in [0.2, 0.25) is 0 Å². The predicted octanol–water partition coefficient (Wildman–Crippen LogP) is 1.94. The number of hydrogen-bond donors (Lipinski definition) is 1. The van der Waals surface area contributed by atoms with Gasteiger partial charge in [0.15, 0.2) is 5.82 Å². The number of imide groups is 1. The van der Waals surface area contributed by atoms with E-state index in [1.54, 1.807) is 6.92 Å². The molecule has 136 valence electrons. The molecule has 3 amide bonds. The fraction of sp³-hybridized carbons (Fsp3) is 0.211. The lowest BCUT2D eigenvalue weighted by atomic mass is 9.91. The van der Waals surface area contributed by atoms with Crippen molar-refractivity contribution < 1.29 is 9.59 Å². The fourth-order valence-electron chi connectivity index (χ4n) is 3.14. The molecule has 1 aliphatic rings. The summed E-state index contributed by atoms with van der Waals surface area (Å²) in [4.78, 5) is 26.7. The highest BCUT2D eigenvalue weighted by molar-refractivity contribution is 6.07. The molecule has 1 saturated heterocycles. The number of carbonyl (C=O) groups is 2. The third-order valence-electron chi connectivity index (χ3n) is 4.74. The summed E-state index contributed by atoms with van der Waals surface area (Å²) in [5, 5.41) is 14.4. The summed E-state index contributed by atoms with van der Waals surface area (Å²) in [5.74, 6) is 0.0665. The lowest BCUT2D eigenvalue weighted by Gasteiger charge is -2.22. The van der Waals surface area contributed by atoms with Crippen LogP contribution in [0.4, 0.5) is 4.79 Å². The molecule has 0 bridgehead atoms. The number of nitrogens with one attached hydrogen (secondary N) is 1. The molecule has 8 nitrogen and oxygen atoms in total. The Morgan fingerprint density at radius 3 is 2.44 bits per heavy atom. The van der Waals surface area contributed by atoms with Gasteiger partial charge >= 0.3 is 6.03 Å². The highest BCUT2D eigenvalue weighted by atomic mass is 16.2. The van der Waals surface area contributed by atoms with E-state index in [1.165, 1.54) is 4.68 Å². The summed E-state index contributed by atoms with van der Waals surface area (Å²) >= 11 is 0. The maximum atomic E-state index is 13.1. The van der Waals surface area contributed by atoms with Crippen molar-refractivity contribution in [3.8, 4) is 5.69 Å². The Morgan fingerprint density at radius 1 is 1.04 bits per heavy atom. The van der Waals surface area contributed by atoms with Gasteiger partial charge in [-0.25, -0.2) is 4.79 Å². The number of para-hydroxylation sites is 1. The number of amides is 3. The van der Waals surface area contributed by atoms with Gasteiger partial charge in [0, 0.05) is 0 Å². The first-order valence-corrected chi connectivity index (χ1v) is 8.53. The maximum absolute atomic E-state index is 13.1. The molecule has 27 heavy (non-hydrogen) atoms. The average molecular weight is 362 g/mol. The van der Waals surface area contributed by atoms with Gasteiger partial charge < -0.3 is 5.32 Å². The summed E-state index contributed by atoms with van der Waals surface area (Å²) < 4.78 is 1.52. The van der Waals surface area contributed by atoms with E-state index >= 15 is 0 Å². The Labute approximate surface area is 155 Å². The lowest BCUT2D eigenvalue weighted by molar-refractivity contribution is -0.131. The van der Waals surface area contributed by atoms with Crippen LogP contribution in [0.25, 0.3) is 5.69 Å². The zero-order valence-corrected chi connectivity index (χ0v) is 15.0. The minimum absolute atomic E-state index is 0.0198. The number of hydrogen-bond acceptors (Lipinski definition) is 5. The van der Waals surface area contributed by atoms with E-state index in [2.05, 4.69) is 20.8 Å². The van der Waals surface area contributed by atoms with Crippen LogP contribution in [0, 0.1) is 6.92 Å². The maximum Gasteiger partial charge on any atom is 0.325 e. The largest absolute Gasteiger partial charge is 0.325 e. The van der Waals surface area contributed by atoms with Crippen LogP contribution in [0.3, 0.4) is 0 Å². The molecule has 0 spiro atoms. The van der Waals surface area contributed by atoms with Crippen molar-refractivity contribution in [1.29, 1.82) is 0 Å². The number of benzene rings is 2. The van der Waals surface area contributed by atoms with E-state index in [0.717, 1.165) is 21.7 Å². The van der Waals surface area contributed by atoms with Gasteiger partial charge in [-0.15, -0.1) is 5.10 Å². The molecule has 0 radical (unpaired) electrons. The summed E-state index contributed by atoms with van der Waals surface area (Å²) in [6.07, 6.45) is 0. The molecule has 2 aromatic carbocycles. The van der Waals surface area contributed by atoms with Crippen LogP contribution in [0.15, 0.2) is 54.6 Å². The Kier molecular flexibility index (Phi) is 3.95. The molecule has 8 heteroatoms. The van der Waals surface area contributed by atoms with Gasteiger partial charge in [-0.2, -0.15) is 4.68 Å². The third kappa shape index (κ3) is 2.84. The van der Waals surface area contributed by atoms with Crippen molar-refractivity contribution in [2.75, 3.05) is 0 Å². The highest BCUT2D eigenvalue weighted by Crippen LogP contribution is 2.29. The van der Waals surface area contributed by atoms with Gasteiger partial charge in [-0.3, -0.25) is 9.69 Å². The van der Waals surface area contributed by atoms with Crippen molar-refractivity contribution >= 4 is 11.9 Å². The molecule has 1 aliphatic heterocycles. The van der Waals surface area contributed by atoms with Gasteiger partial charge in [0.1, 0.15) is 5.54 Å². The minimum Gasteiger partial charge on any atom is -0.319 e. The molecule has 1 aromatic heterocycles. The topological polar surface area (TPSA) is 93.0 Å². The van der Waals surface area contributed by atoms with E-state index in [-0.39, 0.29) is 12.5 Å². The summed E-state index contributed by atoms with van der Waals surface area (Å²) in [6.45, 7) is 3.66. The van der Waals surface area contributed by atoms with E-state index in [9.17, 15) is 9.59 Å². The predicted molar refractivity (Wildman–Crippen MR) is 96.8 cm³/mol. The van der Waals surface area contributed by atoms with Crippen molar-refractivity contribution in [1.82, 2.24) is 30.4 Å². The second kappa shape index (κ2) is 6.31. The molecule has 2 heterocycles. The molecule has 1 unspecified atom stereocenters. The minimum atomic E-state index is -1.12. The second-order valence-corrected chi connectivity index (χ2v) is 6.65. The summed E-state index contributed by atoms with van der Waals surface area (Å²) in [7, 11) is 0. The van der Waals surface area contributed by atoms with Crippen molar-refractivity contribution in [3.63, 3.8) is 0 Å². The highest BCUT2D eigenvalue weighted by Gasteiger charge is 2.49. The van der Waals surface area contributed by atoms with Crippen LogP contribution < -0.4 is 5.32 Å². The molecule has 3 aromatic rings. The summed E-state index contributed by atoms with van der Waals surface area (Å²) in [5.41, 5.74) is 1.45. The van der Waals surface area contributed by atoms with Crippen molar-refractivity contribution in [3.05, 3.63) is 71.5 Å². The first-order chi connectivity index (χ1) is 13.0. The van der Waals surface area contributed by atoms with Crippen LogP contribution in [-0.4, -0.2) is 37.0 Å². The number of aryl methyl sites for hydroxylation is 1. The quantitative estimate of drug-likeness (QED) is 0.716. The van der Waals surface area contributed by atoms with Gasteiger partial charge in [0.25, 0.3) is 5.91 Å². The van der Waals surface area contributed by atoms with E-state index in [1.807, 2.05) is 61.5 Å². The second-order valence-electron chi connectivity index (χ2n) is 6.65. The van der Waals surface area contributed by atoms with Gasteiger partial charge in [0.05, 0.1) is 12.2 Å². The average Bonchev–Trinajstić information content (AvgIpc) is 3.22. The van der Waals surface area contributed by atoms with E-state index < -0.39 is 11.6 Å². The van der Waals surface area contributed by atoms with Crippen LogP contribution in [-0.2, 0) is 16.9 Å².